The Morgan fingerprint density at radius 1 is 1.26 bits per heavy atom. The molecule has 2 aliphatic rings. The van der Waals surface area contributed by atoms with E-state index < -0.39 is 0 Å². The van der Waals surface area contributed by atoms with Gasteiger partial charge in [0.05, 0.1) is 31.5 Å². The highest BCUT2D eigenvalue weighted by atomic mass is 32.1. The number of thiophene rings is 1. The lowest BCUT2D eigenvalue weighted by Gasteiger charge is -2.38. The van der Waals surface area contributed by atoms with Crippen LogP contribution in [0.3, 0.4) is 0 Å². The molecule has 1 atom stereocenters. The van der Waals surface area contributed by atoms with E-state index in [4.69, 9.17) is 9.47 Å². The van der Waals surface area contributed by atoms with Crippen LogP contribution in [0.25, 0.3) is 0 Å². The van der Waals surface area contributed by atoms with Crippen molar-refractivity contribution in [3.63, 3.8) is 0 Å². The Hall–Kier alpha value is -2.15. The molecule has 2 fully saturated rings. The van der Waals surface area contributed by atoms with E-state index in [2.05, 4.69) is 27.5 Å². The molecule has 1 saturated heterocycles. The maximum atomic E-state index is 13.5. The fraction of sp³-hybridized carbons (Fsp3) is 0.550. The van der Waals surface area contributed by atoms with E-state index in [1.54, 1.807) is 30.8 Å². The topological polar surface area (TPSA) is 64.6 Å². The zero-order chi connectivity index (χ0) is 18.7. The average Bonchev–Trinajstić information content (AvgIpc) is 3.40. The highest BCUT2D eigenvalue weighted by Crippen LogP contribution is 2.44. The van der Waals surface area contributed by atoms with Gasteiger partial charge in [0, 0.05) is 11.4 Å². The number of piperidine rings is 1. The van der Waals surface area contributed by atoms with Crippen molar-refractivity contribution in [1.29, 1.82) is 0 Å². The Morgan fingerprint density at radius 3 is 2.81 bits per heavy atom. The van der Waals surface area contributed by atoms with Crippen LogP contribution in [0.5, 0.6) is 11.8 Å². The molecule has 2 aromatic heterocycles. The number of hydrogen-bond acceptors (Lipinski definition) is 6. The number of nitrogens with zero attached hydrogens (tertiary/aromatic N) is 3. The van der Waals surface area contributed by atoms with Crippen LogP contribution >= 0.6 is 11.3 Å². The summed E-state index contributed by atoms with van der Waals surface area (Å²) in [6.07, 6.45) is 9.08. The molecule has 3 heterocycles. The van der Waals surface area contributed by atoms with Gasteiger partial charge in [-0.05, 0) is 37.1 Å². The summed E-state index contributed by atoms with van der Waals surface area (Å²) < 4.78 is 11.1. The van der Waals surface area contributed by atoms with Gasteiger partial charge >= 0.3 is 0 Å². The van der Waals surface area contributed by atoms with Crippen LogP contribution in [-0.2, 0) is 10.2 Å². The Morgan fingerprint density at radius 2 is 2.07 bits per heavy atom. The van der Waals surface area contributed by atoms with Crippen LogP contribution < -0.4 is 9.47 Å². The monoisotopic (exact) mass is 387 g/mol. The fourth-order valence-corrected chi connectivity index (χ4v) is 5.25. The molecule has 6 nitrogen and oxygen atoms in total. The molecular weight excluding hydrogens is 362 g/mol. The van der Waals surface area contributed by atoms with Crippen molar-refractivity contribution < 1.29 is 14.3 Å². The van der Waals surface area contributed by atoms with Crippen molar-refractivity contribution in [2.45, 2.75) is 50.0 Å². The number of aromatic nitrogens is 2. The van der Waals surface area contributed by atoms with Crippen LogP contribution in [0.2, 0.25) is 0 Å². The lowest BCUT2D eigenvalue weighted by molar-refractivity contribution is -0.140. The molecule has 0 bridgehead atoms. The second-order valence-electron chi connectivity index (χ2n) is 7.30. The number of likely N-dealkylation sites (tertiary alicyclic amines) is 1. The van der Waals surface area contributed by atoms with E-state index in [0.29, 0.717) is 18.3 Å². The van der Waals surface area contributed by atoms with E-state index in [0.717, 1.165) is 45.1 Å². The van der Waals surface area contributed by atoms with E-state index >= 15 is 0 Å². The summed E-state index contributed by atoms with van der Waals surface area (Å²) in [6, 6.07) is 4.18. The molecule has 0 N–H and O–H groups in total. The molecule has 0 aromatic carbocycles. The lowest BCUT2D eigenvalue weighted by atomic mass is 9.82. The van der Waals surface area contributed by atoms with Crippen molar-refractivity contribution in [2.75, 3.05) is 20.2 Å². The van der Waals surface area contributed by atoms with Crippen LogP contribution in [0.15, 0.2) is 29.9 Å². The molecule has 1 amide bonds. The highest BCUT2D eigenvalue weighted by Gasteiger charge is 2.46. The summed E-state index contributed by atoms with van der Waals surface area (Å²) in [4.78, 5) is 25.1. The zero-order valence-electron chi connectivity index (χ0n) is 15.6. The Balaban J connectivity index is 1.48. The van der Waals surface area contributed by atoms with Gasteiger partial charge in [-0.2, -0.15) is 4.98 Å². The largest absolute Gasteiger partial charge is 0.480 e. The maximum Gasteiger partial charge on any atom is 0.235 e. The van der Waals surface area contributed by atoms with Gasteiger partial charge in [-0.15, -0.1) is 11.3 Å². The summed E-state index contributed by atoms with van der Waals surface area (Å²) >= 11 is 1.71. The van der Waals surface area contributed by atoms with Gasteiger partial charge in [0.2, 0.25) is 17.7 Å². The van der Waals surface area contributed by atoms with Gasteiger partial charge in [0.1, 0.15) is 6.10 Å². The first-order chi connectivity index (χ1) is 13.2. The average molecular weight is 388 g/mol. The summed E-state index contributed by atoms with van der Waals surface area (Å²) in [6.45, 7) is 1.40. The van der Waals surface area contributed by atoms with Gasteiger partial charge in [-0.25, -0.2) is 0 Å². The number of methoxy groups -OCH3 is 1. The van der Waals surface area contributed by atoms with Crippen molar-refractivity contribution in [3.8, 4) is 11.8 Å². The second kappa shape index (κ2) is 7.84. The summed E-state index contributed by atoms with van der Waals surface area (Å²) in [5.41, 5.74) is -0.328. The number of amides is 1. The summed E-state index contributed by atoms with van der Waals surface area (Å²) in [7, 11) is 1.56. The van der Waals surface area contributed by atoms with Gasteiger partial charge < -0.3 is 14.4 Å². The minimum Gasteiger partial charge on any atom is -0.480 e. The predicted molar refractivity (Wildman–Crippen MR) is 103 cm³/mol. The first kappa shape index (κ1) is 18.2. The number of hydrogen-bond donors (Lipinski definition) is 0. The van der Waals surface area contributed by atoms with Crippen LogP contribution in [0.1, 0.15) is 43.4 Å². The van der Waals surface area contributed by atoms with E-state index in [9.17, 15) is 4.79 Å². The van der Waals surface area contributed by atoms with Gasteiger partial charge in [0.15, 0.2) is 0 Å². The number of carbonyl (C=O) groups excluding carboxylic acids is 1. The van der Waals surface area contributed by atoms with Gasteiger partial charge in [-0.3, -0.25) is 9.78 Å². The summed E-state index contributed by atoms with van der Waals surface area (Å²) in [5.74, 6) is 1.15. The van der Waals surface area contributed by atoms with Crippen molar-refractivity contribution in [2.24, 2.45) is 0 Å². The minimum atomic E-state index is -0.328. The number of carbonyl (C=O) groups is 1. The Bertz CT molecular complexity index is 775. The van der Waals surface area contributed by atoms with Crippen molar-refractivity contribution in [3.05, 3.63) is 34.8 Å². The smallest absolute Gasteiger partial charge is 0.235 e. The van der Waals surface area contributed by atoms with Crippen LogP contribution in [0.4, 0.5) is 0 Å². The molecule has 4 rings (SSSR count). The molecule has 144 valence electrons. The SMILES string of the molecule is COc1cncc(OC2CCCN(C(=O)C3(c4cccs4)CCCC3)C2)n1. The maximum absolute atomic E-state index is 13.5. The Labute approximate surface area is 163 Å². The predicted octanol–water partition coefficient (Wildman–Crippen LogP) is 3.43. The fourth-order valence-electron chi connectivity index (χ4n) is 4.27. The molecular formula is C20H25N3O3S. The zero-order valence-corrected chi connectivity index (χ0v) is 16.4. The third kappa shape index (κ3) is 3.65. The van der Waals surface area contributed by atoms with Crippen molar-refractivity contribution >= 4 is 17.2 Å². The number of ether oxygens (including phenoxy) is 2. The lowest BCUT2D eigenvalue weighted by Crippen LogP contribution is -2.51. The van der Waals surface area contributed by atoms with E-state index in [1.807, 2.05) is 4.90 Å². The van der Waals surface area contributed by atoms with Gasteiger partial charge in [0.25, 0.3) is 0 Å². The molecule has 2 aromatic rings. The molecule has 27 heavy (non-hydrogen) atoms. The minimum absolute atomic E-state index is 0.0640. The molecule has 1 aliphatic heterocycles. The van der Waals surface area contributed by atoms with Crippen LogP contribution in [-0.4, -0.2) is 47.1 Å². The second-order valence-corrected chi connectivity index (χ2v) is 8.25. The molecule has 1 aliphatic carbocycles. The van der Waals surface area contributed by atoms with Crippen molar-refractivity contribution in [1.82, 2.24) is 14.9 Å². The standard InChI is InChI=1S/C20H25N3O3S/c1-25-17-12-21-13-18(22-17)26-15-6-4-10-23(14-15)19(24)20(8-2-3-9-20)16-7-5-11-27-16/h5,7,11-13,15H,2-4,6,8-10,14H2,1H3. The molecule has 0 spiro atoms. The first-order valence-electron chi connectivity index (χ1n) is 9.57. The molecule has 0 radical (unpaired) electrons. The van der Waals surface area contributed by atoms with E-state index in [1.165, 1.54) is 4.88 Å². The van der Waals surface area contributed by atoms with E-state index in [-0.39, 0.29) is 17.4 Å². The quantitative estimate of drug-likeness (QED) is 0.786. The third-order valence-electron chi connectivity index (χ3n) is 5.61. The number of rotatable bonds is 5. The first-order valence-corrected chi connectivity index (χ1v) is 10.5. The Kier molecular flexibility index (Phi) is 5.29. The molecule has 1 saturated carbocycles. The summed E-state index contributed by atoms with van der Waals surface area (Å²) in [5, 5.41) is 2.08. The van der Waals surface area contributed by atoms with Gasteiger partial charge in [-0.1, -0.05) is 18.9 Å². The normalized spacial score (nSPS) is 21.8. The molecule has 7 heteroatoms. The molecule has 1 unspecified atom stereocenters. The van der Waals surface area contributed by atoms with Crippen LogP contribution in [0, 0.1) is 0 Å². The highest BCUT2D eigenvalue weighted by molar-refractivity contribution is 7.10. The third-order valence-corrected chi connectivity index (χ3v) is 6.69.